The number of hydrogen-bond acceptors (Lipinski definition) is 5. The fourth-order valence-corrected chi connectivity index (χ4v) is 6.49. The van der Waals surface area contributed by atoms with E-state index in [9.17, 15) is 4.79 Å². The number of rotatable bonds is 3. The molecule has 3 aromatic heterocycles. The van der Waals surface area contributed by atoms with Crippen molar-refractivity contribution in [3.8, 4) is 0 Å². The minimum atomic E-state index is 0.0717. The summed E-state index contributed by atoms with van der Waals surface area (Å²) in [5, 5.41) is 1.09. The van der Waals surface area contributed by atoms with Crippen molar-refractivity contribution in [2.75, 3.05) is 0 Å². The van der Waals surface area contributed by atoms with Crippen LogP contribution in [0, 0.1) is 0 Å². The van der Waals surface area contributed by atoms with E-state index >= 15 is 0 Å². The molecular weight excluding hydrogens is 352 g/mol. The average Bonchev–Trinajstić information content (AvgIpc) is 2.97. The Morgan fingerprint density at radius 2 is 1.88 bits per heavy atom. The second kappa shape index (κ2) is 6.80. The molecule has 1 fully saturated rings. The first kappa shape index (κ1) is 16.6. The normalized spacial score (nSPS) is 23.2. The topological polar surface area (TPSA) is 51.1 Å². The third kappa shape index (κ3) is 3.18. The van der Waals surface area contributed by atoms with Crippen molar-refractivity contribution in [2.24, 2.45) is 0 Å². The van der Waals surface area contributed by atoms with Gasteiger partial charge in [-0.15, -0.1) is 23.5 Å². The highest BCUT2D eigenvalue weighted by molar-refractivity contribution is 8.20. The highest BCUT2D eigenvalue weighted by Gasteiger charge is 2.34. The van der Waals surface area contributed by atoms with Crippen LogP contribution in [0.4, 0.5) is 0 Å². The van der Waals surface area contributed by atoms with Crippen LogP contribution in [-0.4, -0.2) is 24.9 Å². The molecule has 0 spiro atoms. The van der Waals surface area contributed by atoms with Gasteiger partial charge in [-0.1, -0.05) is 19.9 Å². The Morgan fingerprint density at radius 3 is 2.60 bits per heavy atom. The number of thioether (sulfide) groups is 2. The lowest BCUT2D eigenvalue weighted by Crippen LogP contribution is -2.41. The summed E-state index contributed by atoms with van der Waals surface area (Å²) in [4.78, 5) is 21.2. The fourth-order valence-electron chi connectivity index (χ4n) is 2.95. The molecule has 7 heteroatoms. The maximum atomic E-state index is 13.0. The molecular formula is C18H19N4OS2+. The zero-order chi connectivity index (χ0) is 17.4. The number of hydrogen-bond donors (Lipinski definition) is 0. The minimum absolute atomic E-state index is 0.0717. The maximum absolute atomic E-state index is 13.0. The Balaban J connectivity index is 1.84. The van der Waals surface area contributed by atoms with Gasteiger partial charge < -0.3 is 0 Å². The molecule has 0 bridgehead atoms. The van der Waals surface area contributed by atoms with E-state index in [2.05, 4.69) is 28.4 Å². The van der Waals surface area contributed by atoms with Crippen LogP contribution in [-0.2, 0) is 6.54 Å². The van der Waals surface area contributed by atoms with Gasteiger partial charge in [-0.05, 0) is 6.07 Å². The molecule has 0 saturated carbocycles. The lowest BCUT2D eigenvalue weighted by atomic mass is 10.3. The van der Waals surface area contributed by atoms with Gasteiger partial charge in [0, 0.05) is 34.5 Å². The summed E-state index contributed by atoms with van der Waals surface area (Å²) in [6.45, 7) is 5.10. The van der Waals surface area contributed by atoms with Crippen molar-refractivity contribution >= 4 is 29.2 Å². The molecule has 0 aliphatic carbocycles. The van der Waals surface area contributed by atoms with Crippen molar-refractivity contribution in [3.63, 3.8) is 0 Å². The first-order valence-electron chi connectivity index (χ1n) is 8.22. The smallest absolute Gasteiger partial charge is 0.244 e. The number of fused-ring (bicyclic) bond motifs is 1. The van der Waals surface area contributed by atoms with Crippen LogP contribution in [0.2, 0.25) is 0 Å². The van der Waals surface area contributed by atoms with Gasteiger partial charge in [0.05, 0.1) is 10.8 Å². The van der Waals surface area contributed by atoms with Crippen molar-refractivity contribution in [3.05, 3.63) is 70.8 Å². The maximum Gasteiger partial charge on any atom is 0.347 e. The molecule has 3 aromatic rings. The van der Waals surface area contributed by atoms with Crippen molar-refractivity contribution < 1.29 is 4.57 Å². The van der Waals surface area contributed by atoms with Gasteiger partial charge in [0.25, 0.3) is 5.65 Å². The monoisotopic (exact) mass is 371 g/mol. The molecule has 25 heavy (non-hydrogen) atoms. The summed E-state index contributed by atoms with van der Waals surface area (Å²) >= 11 is 3.75. The van der Waals surface area contributed by atoms with Gasteiger partial charge in [-0.25, -0.2) is 19.3 Å². The van der Waals surface area contributed by atoms with E-state index in [0.29, 0.717) is 17.0 Å². The SMILES string of the molecule is CC1SC(c2c[n+](Cc3cncnc3)c3ccccn3c2=O)SC1C. The van der Waals surface area contributed by atoms with E-state index in [1.165, 1.54) is 6.33 Å². The highest BCUT2D eigenvalue weighted by Crippen LogP contribution is 2.52. The Hall–Kier alpha value is -1.86. The molecule has 2 unspecified atom stereocenters. The van der Waals surface area contributed by atoms with E-state index in [1.807, 2.05) is 66.5 Å². The Bertz CT molecular complexity index is 950. The summed E-state index contributed by atoms with van der Waals surface area (Å²) in [7, 11) is 0. The second-order valence-electron chi connectivity index (χ2n) is 6.21. The average molecular weight is 372 g/mol. The number of aromatic nitrogens is 4. The standard InChI is InChI=1S/C18H19N4OS2/c1-12-13(2)25-18(24-12)15-10-21(9-14-7-19-11-20-8-14)16-5-3-4-6-22(16)17(15)23/h3-8,10-13,18H,9H2,1-2H3/q+1. The van der Waals surface area contributed by atoms with Crippen molar-refractivity contribution in [2.45, 2.75) is 35.5 Å². The van der Waals surface area contributed by atoms with Gasteiger partial charge in [-0.3, -0.25) is 0 Å². The molecule has 4 rings (SSSR count). The molecule has 1 aliphatic rings. The summed E-state index contributed by atoms with van der Waals surface area (Å²) in [5.41, 5.74) is 2.81. The predicted molar refractivity (Wildman–Crippen MR) is 102 cm³/mol. The minimum Gasteiger partial charge on any atom is -0.244 e. The molecule has 1 saturated heterocycles. The molecule has 5 nitrogen and oxygen atoms in total. The number of nitrogens with zero attached hydrogens (tertiary/aromatic N) is 4. The summed E-state index contributed by atoms with van der Waals surface area (Å²) in [6.07, 6.45) is 9.01. The third-order valence-corrected chi connectivity index (χ3v) is 7.97. The second-order valence-corrected chi connectivity index (χ2v) is 9.48. The van der Waals surface area contributed by atoms with Crippen molar-refractivity contribution in [1.82, 2.24) is 14.4 Å². The van der Waals surface area contributed by atoms with E-state index in [1.54, 1.807) is 4.40 Å². The van der Waals surface area contributed by atoms with Gasteiger partial charge in [0.1, 0.15) is 24.6 Å². The Kier molecular flexibility index (Phi) is 4.52. The van der Waals surface area contributed by atoms with Gasteiger partial charge >= 0.3 is 5.56 Å². The molecule has 2 atom stereocenters. The van der Waals surface area contributed by atoms with Gasteiger partial charge in [0.2, 0.25) is 0 Å². The molecule has 0 amide bonds. The lowest BCUT2D eigenvalue weighted by molar-refractivity contribution is -0.666. The number of pyridine rings is 1. The van der Waals surface area contributed by atoms with Crippen LogP contribution < -0.4 is 10.1 Å². The van der Waals surface area contributed by atoms with Crippen LogP contribution in [0.25, 0.3) is 5.65 Å². The first-order valence-corrected chi connectivity index (χ1v) is 10.1. The summed E-state index contributed by atoms with van der Waals surface area (Å²) in [6, 6.07) is 5.82. The molecule has 0 aromatic carbocycles. The Labute approximate surface area is 154 Å². The Morgan fingerprint density at radius 1 is 1.16 bits per heavy atom. The van der Waals surface area contributed by atoms with Crippen molar-refractivity contribution in [1.29, 1.82) is 0 Å². The highest BCUT2D eigenvalue weighted by atomic mass is 32.2. The van der Waals surface area contributed by atoms with Crippen LogP contribution in [0.3, 0.4) is 0 Å². The molecule has 128 valence electrons. The molecule has 0 radical (unpaired) electrons. The zero-order valence-electron chi connectivity index (χ0n) is 14.1. The molecule has 0 N–H and O–H groups in total. The first-order chi connectivity index (χ1) is 12.1. The fraction of sp³-hybridized carbons (Fsp3) is 0.333. The summed E-state index contributed by atoms with van der Waals surface area (Å²) < 4.78 is 4.03. The van der Waals surface area contributed by atoms with Crippen LogP contribution in [0.1, 0.15) is 29.6 Å². The third-order valence-electron chi connectivity index (χ3n) is 4.45. The van der Waals surface area contributed by atoms with Crippen LogP contribution in [0.15, 0.2) is 54.1 Å². The summed E-state index contributed by atoms with van der Waals surface area (Å²) in [5.74, 6) is 0. The zero-order valence-corrected chi connectivity index (χ0v) is 15.7. The van der Waals surface area contributed by atoms with Gasteiger partial charge in [0.15, 0.2) is 0 Å². The van der Waals surface area contributed by atoms with E-state index < -0.39 is 0 Å². The van der Waals surface area contributed by atoms with E-state index in [4.69, 9.17) is 0 Å². The van der Waals surface area contributed by atoms with Crippen LogP contribution in [0.5, 0.6) is 0 Å². The lowest BCUT2D eigenvalue weighted by Gasteiger charge is -2.10. The van der Waals surface area contributed by atoms with Gasteiger partial charge in [-0.2, -0.15) is 4.40 Å². The van der Waals surface area contributed by atoms with E-state index in [-0.39, 0.29) is 10.1 Å². The van der Waals surface area contributed by atoms with E-state index in [0.717, 1.165) is 16.8 Å². The molecule has 1 aliphatic heterocycles. The molecule has 4 heterocycles. The largest absolute Gasteiger partial charge is 0.347 e. The quantitative estimate of drug-likeness (QED) is 0.663. The predicted octanol–water partition coefficient (Wildman–Crippen LogP) is 2.68. The van der Waals surface area contributed by atoms with Crippen LogP contribution >= 0.6 is 23.5 Å².